The fourth-order valence-electron chi connectivity index (χ4n) is 2.05. The Morgan fingerprint density at radius 1 is 1.29 bits per heavy atom. The van der Waals surface area contributed by atoms with Gasteiger partial charge in [0.25, 0.3) is 0 Å². The minimum Gasteiger partial charge on any atom is -0.409 e. The summed E-state index contributed by atoms with van der Waals surface area (Å²) in [6.45, 7) is 2.35. The minimum atomic E-state index is -4.30. The smallest absolute Gasteiger partial charge is 0.401 e. The summed E-state index contributed by atoms with van der Waals surface area (Å²) in [5.74, 6) is -0.699. The first-order valence-corrected chi connectivity index (χ1v) is 6.57. The molecule has 1 unspecified atom stereocenters. The van der Waals surface area contributed by atoms with E-state index in [0.29, 0.717) is 5.56 Å². The molecule has 1 aromatic carbocycles. The molecule has 0 saturated heterocycles. The molecule has 0 radical (unpaired) electrons. The number of nitrogens with two attached hydrogens (primary N) is 1. The Bertz CT molecular complexity index is 460. The first-order chi connectivity index (χ1) is 9.74. The number of benzene rings is 1. The Labute approximate surface area is 122 Å². The van der Waals surface area contributed by atoms with E-state index in [2.05, 4.69) is 5.16 Å². The second-order valence-electron chi connectivity index (χ2n) is 5.13. The van der Waals surface area contributed by atoms with E-state index < -0.39 is 18.6 Å². The number of alkyl halides is 3. The van der Waals surface area contributed by atoms with Crippen molar-refractivity contribution in [3.8, 4) is 0 Å². The van der Waals surface area contributed by atoms with Crippen LogP contribution in [0.2, 0.25) is 0 Å². The number of hydrogen-bond acceptors (Lipinski definition) is 3. The van der Waals surface area contributed by atoms with Crippen LogP contribution in [0.1, 0.15) is 25.3 Å². The standard InChI is InChI=1S/C14H20F3N3O/c1-10(2)20(9-14(15,16)17)8-12(13(18)19-21)11-6-4-3-5-7-11/h3-7,10,12,21H,8-9H2,1-2H3,(H2,18,19). The Kier molecular flexibility index (Phi) is 6.02. The maximum atomic E-state index is 12.6. The minimum absolute atomic E-state index is 0.0249. The summed E-state index contributed by atoms with van der Waals surface area (Å²) in [7, 11) is 0. The van der Waals surface area contributed by atoms with E-state index in [4.69, 9.17) is 10.9 Å². The molecule has 0 aliphatic carbocycles. The molecule has 0 bridgehead atoms. The number of nitrogens with zero attached hydrogens (tertiary/aromatic N) is 2. The molecule has 1 rings (SSSR count). The van der Waals surface area contributed by atoms with E-state index in [-0.39, 0.29) is 18.4 Å². The molecular weight excluding hydrogens is 283 g/mol. The van der Waals surface area contributed by atoms with Crippen molar-refractivity contribution in [1.82, 2.24) is 4.90 Å². The van der Waals surface area contributed by atoms with Gasteiger partial charge in [0.05, 0.1) is 12.5 Å². The maximum Gasteiger partial charge on any atom is 0.401 e. The zero-order chi connectivity index (χ0) is 16.0. The molecule has 0 aliphatic heterocycles. The summed E-state index contributed by atoms with van der Waals surface area (Å²) in [5.41, 5.74) is 6.36. The van der Waals surface area contributed by atoms with Gasteiger partial charge in [-0.2, -0.15) is 13.2 Å². The molecule has 0 aromatic heterocycles. The third-order valence-corrected chi connectivity index (χ3v) is 3.20. The predicted octanol–water partition coefficient (Wildman–Crippen LogP) is 2.79. The van der Waals surface area contributed by atoms with Crippen molar-refractivity contribution in [2.24, 2.45) is 10.9 Å². The van der Waals surface area contributed by atoms with Crippen molar-refractivity contribution in [2.75, 3.05) is 13.1 Å². The van der Waals surface area contributed by atoms with Crippen LogP contribution in [0.15, 0.2) is 35.5 Å². The fourth-order valence-corrected chi connectivity index (χ4v) is 2.05. The van der Waals surface area contributed by atoms with Gasteiger partial charge in [0.1, 0.15) is 5.84 Å². The zero-order valence-corrected chi connectivity index (χ0v) is 12.0. The van der Waals surface area contributed by atoms with Crippen LogP contribution in [0.3, 0.4) is 0 Å². The molecular formula is C14H20F3N3O. The predicted molar refractivity (Wildman–Crippen MR) is 75.4 cm³/mol. The number of oxime groups is 1. The SMILES string of the molecule is CC(C)N(CC(C(N)=NO)c1ccccc1)CC(F)(F)F. The van der Waals surface area contributed by atoms with Gasteiger partial charge in [0, 0.05) is 12.6 Å². The Morgan fingerprint density at radius 3 is 2.29 bits per heavy atom. The van der Waals surface area contributed by atoms with Gasteiger partial charge < -0.3 is 10.9 Å². The van der Waals surface area contributed by atoms with E-state index in [1.807, 2.05) is 0 Å². The number of rotatable bonds is 6. The average Bonchev–Trinajstić information content (AvgIpc) is 2.42. The summed E-state index contributed by atoms with van der Waals surface area (Å²) in [4.78, 5) is 1.26. The van der Waals surface area contributed by atoms with Gasteiger partial charge in [-0.05, 0) is 19.4 Å². The van der Waals surface area contributed by atoms with Gasteiger partial charge in [-0.25, -0.2) is 0 Å². The lowest BCUT2D eigenvalue weighted by Crippen LogP contribution is -2.43. The second kappa shape index (κ2) is 7.31. The molecule has 7 heteroatoms. The zero-order valence-electron chi connectivity index (χ0n) is 12.0. The van der Waals surface area contributed by atoms with Gasteiger partial charge in [0.15, 0.2) is 0 Å². The van der Waals surface area contributed by atoms with Crippen molar-refractivity contribution in [3.05, 3.63) is 35.9 Å². The molecule has 3 N–H and O–H groups in total. The largest absolute Gasteiger partial charge is 0.409 e. The van der Waals surface area contributed by atoms with E-state index >= 15 is 0 Å². The summed E-state index contributed by atoms with van der Waals surface area (Å²) in [6, 6.07) is 8.49. The van der Waals surface area contributed by atoms with Crippen molar-refractivity contribution in [1.29, 1.82) is 0 Å². The molecule has 0 spiro atoms. The van der Waals surface area contributed by atoms with Gasteiger partial charge in [-0.15, -0.1) is 0 Å². The highest BCUT2D eigenvalue weighted by Gasteiger charge is 2.33. The summed E-state index contributed by atoms with van der Waals surface area (Å²) in [5, 5.41) is 11.8. The molecule has 21 heavy (non-hydrogen) atoms. The molecule has 0 amide bonds. The lowest BCUT2D eigenvalue weighted by molar-refractivity contribution is -0.149. The lowest BCUT2D eigenvalue weighted by Gasteiger charge is -2.31. The van der Waals surface area contributed by atoms with Crippen LogP contribution in [0.5, 0.6) is 0 Å². The highest BCUT2D eigenvalue weighted by atomic mass is 19.4. The molecule has 118 valence electrons. The number of halogens is 3. The van der Waals surface area contributed by atoms with E-state index in [1.54, 1.807) is 44.2 Å². The average molecular weight is 303 g/mol. The molecule has 0 heterocycles. The fraction of sp³-hybridized carbons (Fsp3) is 0.500. The van der Waals surface area contributed by atoms with Crippen LogP contribution in [-0.2, 0) is 0 Å². The van der Waals surface area contributed by atoms with Crippen LogP contribution < -0.4 is 5.73 Å². The molecule has 1 atom stereocenters. The maximum absolute atomic E-state index is 12.6. The second-order valence-corrected chi connectivity index (χ2v) is 5.13. The van der Waals surface area contributed by atoms with E-state index in [1.165, 1.54) is 4.90 Å². The summed E-state index contributed by atoms with van der Waals surface area (Å²) < 4.78 is 37.9. The Hall–Kier alpha value is -1.76. The third kappa shape index (κ3) is 5.63. The molecule has 0 saturated carbocycles. The summed E-state index contributed by atoms with van der Waals surface area (Å²) in [6.07, 6.45) is -4.30. The topological polar surface area (TPSA) is 61.8 Å². The Morgan fingerprint density at radius 2 is 1.86 bits per heavy atom. The van der Waals surface area contributed by atoms with Crippen molar-refractivity contribution in [3.63, 3.8) is 0 Å². The molecule has 0 fully saturated rings. The Balaban J connectivity index is 2.99. The van der Waals surface area contributed by atoms with Crippen LogP contribution in [0.4, 0.5) is 13.2 Å². The van der Waals surface area contributed by atoms with Gasteiger partial charge in [0.2, 0.25) is 0 Å². The highest BCUT2D eigenvalue weighted by molar-refractivity contribution is 5.87. The summed E-state index contributed by atoms with van der Waals surface area (Å²) >= 11 is 0. The number of hydrogen-bond donors (Lipinski definition) is 2. The van der Waals surface area contributed by atoms with E-state index in [9.17, 15) is 13.2 Å². The quantitative estimate of drug-likeness (QED) is 0.368. The van der Waals surface area contributed by atoms with Gasteiger partial charge in [-0.3, -0.25) is 4.90 Å². The lowest BCUT2D eigenvalue weighted by atomic mass is 9.97. The van der Waals surface area contributed by atoms with Gasteiger partial charge >= 0.3 is 6.18 Å². The van der Waals surface area contributed by atoms with Crippen LogP contribution in [0.25, 0.3) is 0 Å². The molecule has 4 nitrogen and oxygen atoms in total. The first-order valence-electron chi connectivity index (χ1n) is 6.57. The monoisotopic (exact) mass is 303 g/mol. The van der Waals surface area contributed by atoms with Gasteiger partial charge in [-0.1, -0.05) is 35.5 Å². The van der Waals surface area contributed by atoms with Crippen LogP contribution in [0, 0.1) is 0 Å². The van der Waals surface area contributed by atoms with Crippen molar-refractivity contribution in [2.45, 2.75) is 32.0 Å². The molecule has 1 aromatic rings. The van der Waals surface area contributed by atoms with Crippen LogP contribution in [-0.4, -0.2) is 41.3 Å². The highest BCUT2D eigenvalue weighted by Crippen LogP contribution is 2.23. The third-order valence-electron chi connectivity index (χ3n) is 3.20. The molecule has 0 aliphatic rings. The van der Waals surface area contributed by atoms with Crippen molar-refractivity contribution >= 4 is 5.84 Å². The van der Waals surface area contributed by atoms with Crippen molar-refractivity contribution < 1.29 is 18.4 Å². The normalized spacial score (nSPS) is 14.7. The first kappa shape index (κ1) is 17.3. The van der Waals surface area contributed by atoms with E-state index in [0.717, 1.165) is 0 Å². The number of amidine groups is 1. The van der Waals surface area contributed by atoms with Crippen LogP contribution >= 0.6 is 0 Å².